The largest absolute Gasteiger partial charge is 0.421 e. The first-order valence-corrected chi connectivity index (χ1v) is 11.6. The lowest BCUT2D eigenvalue weighted by Gasteiger charge is -2.39. The summed E-state index contributed by atoms with van der Waals surface area (Å²) in [7, 11) is -1.54. The topological polar surface area (TPSA) is 86.9 Å². The molecule has 3 rings (SSSR count). The van der Waals surface area contributed by atoms with Crippen LogP contribution in [0.25, 0.3) is 0 Å². The van der Waals surface area contributed by atoms with Gasteiger partial charge in [-0.25, -0.2) is 8.51 Å². The molecule has 2 fully saturated rings. The van der Waals surface area contributed by atoms with Crippen molar-refractivity contribution < 1.29 is 27.3 Å². The Labute approximate surface area is 184 Å². The minimum atomic E-state index is -4.80. The number of nitrogens with zero attached hydrogens (tertiary/aromatic N) is 2. The lowest BCUT2D eigenvalue weighted by Crippen LogP contribution is -2.54. The van der Waals surface area contributed by atoms with Crippen LogP contribution in [0.3, 0.4) is 0 Å². The van der Waals surface area contributed by atoms with E-state index in [2.05, 4.69) is 4.90 Å². The number of hydrogen-bond donors (Lipinski definition) is 2. The van der Waals surface area contributed by atoms with E-state index in [4.69, 9.17) is 5.73 Å². The van der Waals surface area contributed by atoms with Crippen LogP contribution < -0.4 is 5.73 Å². The fourth-order valence-electron chi connectivity index (χ4n) is 3.66. The number of benzene rings is 1. The molecule has 6 nitrogen and oxygen atoms in total. The fraction of sp³-hybridized carbons (Fsp3) is 0.667. The molecule has 10 heteroatoms. The van der Waals surface area contributed by atoms with Gasteiger partial charge in [-0.2, -0.15) is 13.2 Å². The Bertz CT molecular complexity index is 795. The second-order valence-electron chi connectivity index (χ2n) is 8.21. The van der Waals surface area contributed by atoms with Gasteiger partial charge < -0.3 is 10.8 Å². The van der Waals surface area contributed by atoms with Crippen molar-refractivity contribution in [2.75, 3.05) is 26.2 Å². The third-order valence-electron chi connectivity index (χ3n) is 5.94. The first-order chi connectivity index (χ1) is 14.4. The monoisotopic (exact) mass is 463 g/mol. The number of rotatable bonds is 6. The lowest BCUT2D eigenvalue weighted by atomic mass is 9.96. The van der Waals surface area contributed by atoms with Crippen LogP contribution in [0.15, 0.2) is 29.2 Å². The van der Waals surface area contributed by atoms with E-state index in [1.807, 2.05) is 20.8 Å². The Morgan fingerprint density at radius 1 is 1.23 bits per heavy atom. The van der Waals surface area contributed by atoms with Crippen molar-refractivity contribution in [3.05, 3.63) is 29.8 Å². The number of amides is 1. The summed E-state index contributed by atoms with van der Waals surface area (Å²) < 4.78 is 53.7. The van der Waals surface area contributed by atoms with Gasteiger partial charge in [-0.05, 0) is 44.4 Å². The first-order valence-electron chi connectivity index (χ1n) is 10.5. The second kappa shape index (κ2) is 9.56. The summed E-state index contributed by atoms with van der Waals surface area (Å²) in [6, 6.07) is 4.97. The van der Waals surface area contributed by atoms with Crippen LogP contribution in [0.2, 0.25) is 0 Å². The summed E-state index contributed by atoms with van der Waals surface area (Å²) in [5.41, 5.74) is 1.80. The average Bonchev–Trinajstić information content (AvgIpc) is 3.49. The second-order valence-corrected chi connectivity index (χ2v) is 9.65. The number of hydrogen-bond acceptors (Lipinski definition) is 4. The molecule has 2 aliphatic rings. The van der Waals surface area contributed by atoms with Crippen LogP contribution in [-0.2, 0) is 21.4 Å². The third-order valence-corrected chi connectivity index (χ3v) is 7.58. The van der Waals surface area contributed by atoms with Crippen LogP contribution >= 0.6 is 0 Å². The molecule has 176 valence electrons. The number of halogens is 3. The predicted octanol–water partition coefficient (Wildman–Crippen LogP) is 2.78. The van der Waals surface area contributed by atoms with Gasteiger partial charge in [0, 0.05) is 32.2 Å². The van der Waals surface area contributed by atoms with Crippen molar-refractivity contribution in [3.63, 3.8) is 0 Å². The Morgan fingerprint density at radius 2 is 1.77 bits per heavy atom. The first kappa shape index (κ1) is 25.8. The molecule has 3 unspecified atom stereocenters. The van der Waals surface area contributed by atoms with Crippen LogP contribution in [0.5, 0.6) is 0 Å². The van der Waals surface area contributed by atoms with E-state index in [1.54, 1.807) is 4.31 Å². The molecule has 1 aliphatic heterocycles. The SMILES string of the molecule is CC.CC1CN(CC2(C(N)=O)CC2)CCN1S(=O)c1ccc(C(C)(O)C(F)(F)F)cc1. The van der Waals surface area contributed by atoms with Gasteiger partial charge in [-0.15, -0.1) is 0 Å². The minimum absolute atomic E-state index is 0.0637. The minimum Gasteiger partial charge on any atom is -0.376 e. The molecule has 1 saturated carbocycles. The smallest absolute Gasteiger partial charge is 0.376 e. The molecule has 3 N–H and O–H groups in total. The van der Waals surface area contributed by atoms with E-state index in [1.165, 1.54) is 12.1 Å². The van der Waals surface area contributed by atoms with Gasteiger partial charge in [-0.3, -0.25) is 9.69 Å². The molecular weight excluding hydrogens is 431 g/mol. The van der Waals surface area contributed by atoms with Crippen molar-refractivity contribution in [2.45, 2.75) is 63.3 Å². The Balaban J connectivity index is 0.00000166. The molecule has 0 spiro atoms. The summed E-state index contributed by atoms with van der Waals surface area (Å²) in [6.07, 6.45) is -3.20. The van der Waals surface area contributed by atoms with Crippen molar-refractivity contribution in [1.29, 1.82) is 0 Å². The summed E-state index contributed by atoms with van der Waals surface area (Å²) in [6.45, 7) is 8.99. The van der Waals surface area contributed by atoms with Gasteiger partial charge in [0.25, 0.3) is 0 Å². The summed E-state index contributed by atoms with van der Waals surface area (Å²) >= 11 is 0. The van der Waals surface area contributed by atoms with Crippen molar-refractivity contribution >= 4 is 16.9 Å². The molecular formula is C21H32F3N3O3S. The average molecular weight is 464 g/mol. The van der Waals surface area contributed by atoms with E-state index in [-0.39, 0.29) is 17.5 Å². The highest BCUT2D eigenvalue weighted by molar-refractivity contribution is 7.82. The molecule has 1 aromatic carbocycles. The highest BCUT2D eigenvalue weighted by Crippen LogP contribution is 2.46. The van der Waals surface area contributed by atoms with Gasteiger partial charge in [0.15, 0.2) is 5.60 Å². The maximum absolute atomic E-state index is 13.0. The molecule has 1 aliphatic carbocycles. The maximum atomic E-state index is 13.0. The van der Waals surface area contributed by atoms with Gasteiger partial charge in [0.1, 0.15) is 11.0 Å². The number of aliphatic hydroxyl groups is 1. The highest BCUT2D eigenvalue weighted by atomic mass is 32.2. The predicted molar refractivity (Wildman–Crippen MR) is 113 cm³/mol. The van der Waals surface area contributed by atoms with Gasteiger partial charge in [-0.1, -0.05) is 26.0 Å². The Hall–Kier alpha value is -1.49. The van der Waals surface area contributed by atoms with E-state index < -0.39 is 28.2 Å². The van der Waals surface area contributed by atoms with E-state index in [0.29, 0.717) is 38.0 Å². The molecule has 1 heterocycles. The number of nitrogens with two attached hydrogens (primary N) is 1. The number of piperazine rings is 1. The molecule has 0 bridgehead atoms. The lowest BCUT2D eigenvalue weighted by molar-refractivity contribution is -0.258. The molecule has 31 heavy (non-hydrogen) atoms. The van der Waals surface area contributed by atoms with Crippen molar-refractivity contribution in [2.24, 2.45) is 11.1 Å². The summed E-state index contributed by atoms with van der Waals surface area (Å²) in [4.78, 5) is 14.1. The number of carbonyl (C=O) groups excluding carboxylic acids is 1. The maximum Gasteiger partial charge on any atom is 0.421 e. The molecule has 0 aromatic heterocycles. The fourth-order valence-corrected chi connectivity index (χ4v) is 4.94. The molecule has 1 amide bonds. The van der Waals surface area contributed by atoms with Gasteiger partial charge in [0.2, 0.25) is 5.91 Å². The number of primary amides is 1. The Morgan fingerprint density at radius 3 is 2.19 bits per heavy atom. The highest BCUT2D eigenvalue weighted by Gasteiger charge is 2.51. The van der Waals surface area contributed by atoms with Crippen LogP contribution in [0.1, 0.15) is 46.1 Å². The van der Waals surface area contributed by atoms with Gasteiger partial charge >= 0.3 is 6.18 Å². The zero-order valence-corrected chi connectivity index (χ0v) is 19.2. The normalized spacial score (nSPS) is 24.5. The quantitative estimate of drug-likeness (QED) is 0.679. The zero-order chi connectivity index (χ0) is 23.6. The molecule has 1 saturated heterocycles. The number of carbonyl (C=O) groups is 1. The third kappa shape index (κ3) is 5.47. The van der Waals surface area contributed by atoms with Crippen molar-refractivity contribution in [1.82, 2.24) is 9.21 Å². The van der Waals surface area contributed by atoms with E-state index in [0.717, 1.165) is 25.0 Å². The molecule has 0 radical (unpaired) electrons. The number of alkyl halides is 3. The summed E-state index contributed by atoms with van der Waals surface area (Å²) in [5, 5.41) is 9.76. The zero-order valence-electron chi connectivity index (χ0n) is 18.4. The standard InChI is InChI=1S/C19H26F3N3O3S.C2H6/c1-13-11-24(12-18(7-8-18)16(23)26)9-10-25(13)29(28)15-5-3-14(4-6-15)17(2,27)19(20,21)22;1-2/h3-6,13,27H,7-12H2,1-2H3,(H2,23,26);1-2H3. The molecule has 3 atom stereocenters. The molecule has 1 aromatic rings. The Kier molecular flexibility index (Phi) is 7.95. The van der Waals surface area contributed by atoms with Gasteiger partial charge in [0.05, 0.1) is 10.3 Å². The van der Waals surface area contributed by atoms with Crippen LogP contribution in [0.4, 0.5) is 13.2 Å². The van der Waals surface area contributed by atoms with E-state index in [9.17, 15) is 27.3 Å². The van der Waals surface area contributed by atoms with E-state index >= 15 is 0 Å². The van der Waals surface area contributed by atoms with Crippen LogP contribution in [-0.4, -0.2) is 62.8 Å². The van der Waals surface area contributed by atoms with Crippen LogP contribution in [0, 0.1) is 5.41 Å². The van der Waals surface area contributed by atoms with Crippen molar-refractivity contribution in [3.8, 4) is 0 Å². The summed E-state index contributed by atoms with van der Waals surface area (Å²) in [5.74, 6) is -0.272.